The van der Waals surface area contributed by atoms with Crippen molar-refractivity contribution in [3.8, 4) is 0 Å². The van der Waals surface area contributed by atoms with Crippen molar-refractivity contribution in [1.82, 2.24) is 14.5 Å². The molecule has 17 heavy (non-hydrogen) atoms. The second-order valence-electron chi connectivity index (χ2n) is 4.45. The molecule has 6 nitrogen and oxygen atoms in total. The fourth-order valence-corrected chi connectivity index (χ4v) is 3.67. The molecule has 0 bridgehead atoms. The standard InChI is InChI=1S/C10H18N4O2S/c1-14-10(11)8(6-12-14)7-13-17(15,16)9-4-2-3-5-9/h6,9,13H,2-5,7,11H2,1H3. The number of nitrogens with two attached hydrogens (primary N) is 1. The van der Waals surface area contributed by atoms with Gasteiger partial charge in [-0.05, 0) is 12.8 Å². The molecule has 1 aromatic heterocycles. The number of aryl methyl sites for hydroxylation is 1. The van der Waals surface area contributed by atoms with E-state index in [2.05, 4.69) is 9.82 Å². The zero-order valence-corrected chi connectivity index (χ0v) is 10.7. The smallest absolute Gasteiger partial charge is 0.214 e. The fraction of sp³-hybridized carbons (Fsp3) is 0.700. The van der Waals surface area contributed by atoms with E-state index in [4.69, 9.17) is 5.73 Å². The van der Waals surface area contributed by atoms with Gasteiger partial charge in [0.25, 0.3) is 0 Å². The predicted molar refractivity (Wildman–Crippen MR) is 65.6 cm³/mol. The van der Waals surface area contributed by atoms with Crippen LogP contribution in [-0.2, 0) is 23.6 Å². The summed E-state index contributed by atoms with van der Waals surface area (Å²) in [5.74, 6) is 0.499. The van der Waals surface area contributed by atoms with Crippen molar-refractivity contribution in [3.05, 3.63) is 11.8 Å². The first-order chi connectivity index (χ1) is 8.00. The molecule has 1 aliphatic rings. The molecule has 1 saturated carbocycles. The van der Waals surface area contributed by atoms with E-state index < -0.39 is 10.0 Å². The monoisotopic (exact) mass is 258 g/mol. The molecule has 7 heteroatoms. The number of aromatic nitrogens is 2. The maximum absolute atomic E-state index is 11.9. The number of anilines is 1. The van der Waals surface area contributed by atoms with Gasteiger partial charge in [-0.3, -0.25) is 4.68 Å². The van der Waals surface area contributed by atoms with E-state index in [-0.39, 0.29) is 11.8 Å². The predicted octanol–water partition coefficient (Wildman–Crippen LogP) is 0.364. The van der Waals surface area contributed by atoms with E-state index in [0.717, 1.165) is 25.7 Å². The van der Waals surface area contributed by atoms with Crippen molar-refractivity contribution in [1.29, 1.82) is 0 Å². The minimum atomic E-state index is -3.21. The van der Waals surface area contributed by atoms with Crippen LogP contribution in [0.4, 0.5) is 5.82 Å². The minimum absolute atomic E-state index is 0.221. The largest absolute Gasteiger partial charge is 0.384 e. The molecule has 0 atom stereocenters. The number of nitrogens with zero attached hydrogens (tertiary/aromatic N) is 2. The molecule has 2 rings (SSSR count). The Bertz CT molecular complexity index is 488. The SMILES string of the molecule is Cn1ncc(CNS(=O)(=O)C2CCCC2)c1N. The van der Waals surface area contributed by atoms with E-state index in [1.54, 1.807) is 13.2 Å². The number of nitrogen functional groups attached to an aromatic ring is 1. The molecule has 0 radical (unpaired) electrons. The summed E-state index contributed by atoms with van der Waals surface area (Å²) in [6.45, 7) is 0.221. The molecule has 0 aromatic carbocycles. The van der Waals surface area contributed by atoms with Crippen molar-refractivity contribution in [2.24, 2.45) is 7.05 Å². The van der Waals surface area contributed by atoms with Gasteiger partial charge >= 0.3 is 0 Å². The lowest BCUT2D eigenvalue weighted by Gasteiger charge is -2.11. The summed E-state index contributed by atoms with van der Waals surface area (Å²) in [4.78, 5) is 0. The van der Waals surface area contributed by atoms with Gasteiger partial charge in [-0.25, -0.2) is 13.1 Å². The van der Waals surface area contributed by atoms with Crippen LogP contribution >= 0.6 is 0 Å². The van der Waals surface area contributed by atoms with E-state index in [9.17, 15) is 8.42 Å². The quantitative estimate of drug-likeness (QED) is 0.816. The molecule has 0 unspecified atom stereocenters. The lowest BCUT2D eigenvalue weighted by Crippen LogP contribution is -2.32. The topological polar surface area (TPSA) is 90.0 Å². The van der Waals surface area contributed by atoms with Gasteiger partial charge in [-0.1, -0.05) is 12.8 Å². The van der Waals surface area contributed by atoms with E-state index in [1.807, 2.05) is 0 Å². The Balaban J connectivity index is 2.00. The highest BCUT2D eigenvalue weighted by molar-refractivity contribution is 7.90. The highest BCUT2D eigenvalue weighted by Crippen LogP contribution is 2.24. The summed E-state index contributed by atoms with van der Waals surface area (Å²) in [6, 6.07) is 0. The van der Waals surface area contributed by atoms with Crippen molar-refractivity contribution in [3.63, 3.8) is 0 Å². The zero-order valence-electron chi connectivity index (χ0n) is 9.89. The lowest BCUT2D eigenvalue weighted by molar-refractivity contribution is 0.564. The Morgan fingerprint density at radius 1 is 1.53 bits per heavy atom. The van der Waals surface area contributed by atoms with Gasteiger partial charge in [-0.15, -0.1) is 0 Å². The maximum Gasteiger partial charge on any atom is 0.214 e. The first-order valence-corrected chi connectivity index (χ1v) is 7.30. The lowest BCUT2D eigenvalue weighted by atomic mass is 10.3. The zero-order chi connectivity index (χ0) is 12.5. The second-order valence-corrected chi connectivity index (χ2v) is 6.50. The molecule has 0 aliphatic heterocycles. The Hall–Kier alpha value is -1.08. The van der Waals surface area contributed by atoms with Crippen molar-refractivity contribution in [2.75, 3.05) is 5.73 Å². The van der Waals surface area contributed by atoms with E-state index in [0.29, 0.717) is 11.4 Å². The molecule has 0 saturated heterocycles. The van der Waals surface area contributed by atoms with Crippen LogP contribution in [0.1, 0.15) is 31.2 Å². The molecule has 0 spiro atoms. The van der Waals surface area contributed by atoms with E-state index >= 15 is 0 Å². The van der Waals surface area contributed by atoms with Crippen LogP contribution in [-0.4, -0.2) is 23.4 Å². The average molecular weight is 258 g/mol. The summed E-state index contributed by atoms with van der Waals surface area (Å²) >= 11 is 0. The van der Waals surface area contributed by atoms with Crippen LogP contribution in [0.15, 0.2) is 6.20 Å². The summed E-state index contributed by atoms with van der Waals surface area (Å²) in [5, 5.41) is 3.74. The number of nitrogens with one attached hydrogen (secondary N) is 1. The molecular formula is C10H18N4O2S. The molecule has 1 aliphatic carbocycles. The molecule has 1 heterocycles. The average Bonchev–Trinajstić information content (AvgIpc) is 2.90. The number of hydrogen-bond donors (Lipinski definition) is 2. The third kappa shape index (κ3) is 2.61. The first-order valence-electron chi connectivity index (χ1n) is 5.75. The molecule has 1 aromatic rings. The van der Waals surface area contributed by atoms with E-state index in [1.165, 1.54) is 4.68 Å². The third-order valence-corrected chi connectivity index (χ3v) is 5.17. The molecule has 96 valence electrons. The number of sulfonamides is 1. The minimum Gasteiger partial charge on any atom is -0.384 e. The summed E-state index contributed by atoms with van der Waals surface area (Å²) in [6.07, 6.45) is 5.11. The van der Waals surface area contributed by atoms with Gasteiger partial charge in [0, 0.05) is 19.2 Å². The summed E-state index contributed by atoms with van der Waals surface area (Å²) in [7, 11) is -1.48. The van der Waals surface area contributed by atoms with Crippen molar-refractivity contribution in [2.45, 2.75) is 37.5 Å². The summed E-state index contributed by atoms with van der Waals surface area (Å²) < 4.78 is 28.0. The number of rotatable bonds is 4. The molecule has 1 fully saturated rings. The first kappa shape index (κ1) is 12.4. The second kappa shape index (κ2) is 4.66. The van der Waals surface area contributed by atoms with Crippen LogP contribution in [0.2, 0.25) is 0 Å². The van der Waals surface area contributed by atoms with Gasteiger partial charge in [0.15, 0.2) is 0 Å². The van der Waals surface area contributed by atoms with Gasteiger partial charge in [-0.2, -0.15) is 5.10 Å². The highest BCUT2D eigenvalue weighted by atomic mass is 32.2. The van der Waals surface area contributed by atoms with Gasteiger partial charge in [0.1, 0.15) is 5.82 Å². The molecule has 0 amide bonds. The van der Waals surface area contributed by atoms with Gasteiger partial charge in [0.05, 0.1) is 11.4 Å². The fourth-order valence-electron chi connectivity index (χ4n) is 2.12. The van der Waals surface area contributed by atoms with Crippen LogP contribution in [0.5, 0.6) is 0 Å². The summed E-state index contributed by atoms with van der Waals surface area (Å²) in [5.41, 5.74) is 6.47. The van der Waals surface area contributed by atoms with Gasteiger partial charge in [0.2, 0.25) is 10.0 Å². The number of hydrogen-bond acceptors (Lipinski definition) is 4. The van der Waals surface area contributed by atoms with Crippen molar-refractivity contribution < 1.29 is 8.42 Å². The molecular weight excluding hydrogens is 240 g/mol. The van der Waals surface area contributed by atoms with Gasteiger partial charge < -0.3 is 5.73 Å². The Labute approximate surface area is 101 Å². The third-order valence-electron chi connectivity index (χ3n) is 3.27. The van der Waals surface area contributed by atoms with Crippen molar-refractivity contribution >= 4 is 15.8 Å². The van der Waals surface area contributed by atoms with Crippen LogP contribution in [0.25, 0.3) is 0 Å². The maximum atomic E-state index is 11.9. The Morgan fingerprint density at radius 2 is 2.18 bits per heavy atom. The normalized spacial score (nSPS) is 17.7. The van der Waals surface area contributed by atoms with Crippen LogP contribution < -0.4 is 10.5 Å². The molecule has 3 N–H and O–H groups in total. The Kier molecular flexibility index (Phi) is 3.39. The highest BCUT2D eigenvalue weighted by Gasteiger charge is 2.28. The Morgan fingerprint density at radius 3 is 2.71 bits per heavy atom. The van der Waals surface area contributed by atoms with Crippen LogP contribution in [0.3, 0.4) is 0 Å². The van der Waals surface area contributed by atoms with Crippen LogP contribution in [0, 0.1) is 0 Å².